The lowest BCUT2D eigenvalue weighted by molar-refractivity contribution is -0.131. The summed E-state index contributed by atoms with van der Waals surface area (Å²) >= 11 is 0. The van der Waals surface area contributed by atoms with E-state index in [9.17, 15) is 14.7 Å². The molecule has 0 spiro atoms. The number of carbonyl (C=O) groups is 2. The summed E-state index contributed by atoms with van der Waals surface area (Å²) in [6, 6.07) is 5.56. The molecule has 0 saturated carbocycles. The maximum absolute atomic E-state index is 13.0. The van der Waals surface area contributed by atoms with E-state index in [0.29, 0.717) is 5.69 Å². The van der Waals surface area contributed by atoms with E-state index in [1.165, 1.54) is 4.90 Å². The monoisotopic (exact) mass is 313 g/mol. The van der Waals surface area contributed by atoms with Crippen LogP contribution in [0.1, 0.15) is 18.1 Å². The molecule has 5 nitrogen and oxygen atoms in total. The number of anilines is 1. The summed E-state index contributed by atoms with van der Waals surface area (Å²) < 4.78 is 5.90. The van der Waals surface area contributed by atoms with Crippen LogP contribution in [0, 0.1) is 25.7 Å². The fraction of sp³-hybridized carbons (Fsp3) is 0.444. The molecule has 5 heteroatoms. The summed E-state index contributed by atoms with van der Waals surface area (Å²) in [5.41, 5.74) is 0.834. The number of imide groups is 1. The van der Waals surface area contributed by atoms with Crippen molar-refractivity contribution in [3.63, 3.8) is 0 Å². The van der Waals surface area contributed by atoms with E-state index in [2.05, 4.69) is 0 Å². The van der Waals surface area contributed by atoms with Gasteiger partial charge < -0.3 is 9.84 Å². The van der Waals surface area contributed by atoms with Crippen LogP contribution in [0.5, 0.6) is 0 Å². The number of carbonyl (C=O) groups excluding carboxylic acids is 2. The molecule has 1 N–H and O–H groups in total. The number of hydrogen-bond acceptors (Lipinski definition) is 4. The molecule has 0 unspecified atom stereocenters. The molecule has 3 heterocycles. The number of aliphatic hydroxyl groups is 1. The molecule has 1 aromatic rings. The van der Waals surface area contributed by atoms with Crippen LogP contribution in [-0.2, 0) is 14.3 Å². The smallest absolute Gasteiger partial charge is 0.241 e. The molecule has 0 radical (unpaired) electrons. The van der Waals surface area contributed by atoms with Crippen molar-refractivity contribution >= 4 is 17.5 Å². The Morgan fingerprint density at radius 3 is 2.48 bits per heavy atom. The molecule has 2 amide bonds. The average molecular weight is 313 g/mol. The van der Waals surface area contributed by atoms with Gasteiger partial charge in [0.15, 0.2) is 0 Å². The number of nitrogens with zero attached hydrogens (tertiary/aromatic N) is 1. The lowest BCUT2D eigenvalue weighted by Gasteiger charge is -2.27. The van der Waals surface area contributed by atoms with E-state index in [4.69, 9.17) is 4.74 Å². The number of ether oxygens (including phenoxy) is 1. The molecule has 4 atom stereocenters. The molecule has 3 aliphatic heterocycles. The minimum absolute atomic E-state index is 0.245. The Bertz CT molecular complexity index is 770. The number of amides is 2. The lowest BCUT2D eigenvalue weighted by Crippen LogP contribution is -2.43. The molecule has 2 fully saturated rings. The van der Waals surface area contributed by atoms with Crippen LogP contribution in [0.2, 0.25) is 0 Å². The van der Waals surface area contributed by atoms with Gasteiger partial charge in [0.2, 0.25) is 11.8 Å². The van der Waals surface area contributed by atoms with Gasteiger partial charge in [0.05, 0.1) is 29.7 Å². The van der Waals surface area contributed by atoms with Crippen LogP contribution in [0.15, 0.2) is 30.4 Å². The predicted octanol–water partition coefficient (Wildman–Crippen LogP) is 1.50. The van der Waals surface area contributed by atoms with Gasteiger partial charge in [-0.05, 0) is 44.0 Å². The zero-order valence-corrected chi connectivity index (χ0v) is 13.4. The minimum atomic E-state index is -1.07. The third kappa shape index (κ3) is 1.64. The first-order chi connectivity index (χ1) is 10.8. The second kappa shape index (κ2) is 4.30. The van der Waals surface area contributed by atoms with Gasteiger partial charge in [-0.2, -0.15) is 0 Å². The number of aliphatic hydroxyl groups excluding tert-OH is 1. The summed E-state index contributed by atoms with van der Waals surface area (Å²) in [6.45, 7) is 5.44. The van der Waals surface area contributed by atoms with E-state index >= 15 is 0 Å². The minimum Gasteiger partial charge on any atom is -0.393 e. The lowest BCUT2D eigenvalue weighted by atomic mass is 9.73. The first kappa shape index (κ1) is 14.6. The van der Waals surface area contributed by atoms with Gasteiger partial charge in [-0.15, -0.1) is 0 Å². The molecule has 2 saturated heterocycles. The highest BCUT2D eigenvalue weighted by molar-refractivity contribution is 6.23. The molecule has 2 bridgehead atoms. The Balaban J connectivity index is 1.81. The van der Waals surface area contributed by atoms with Crippen molar-refractivity contribution in [2.45, 2.75) is 32.0 Å². The van der Waals surface area contributed by atoms with Crippen LogP contribution in [0.3, 0.4) is 0 Å². The van der Waals surface area contributed by atoms with Gasteiger partial charge >= 0.3 is 0 Å². The zero-order valence-electron chi connectivity index (χ0n) is 13.4. The topological polar surface area (TPSA) is 66.8 Å². The van der Waals surface area contributed by atoms with Crippen molar-refractivity contribution in [3.05, 3.63) is 41.5 Å². The molecule has 120 valence electrons. The van der Waals surface area contributed by atoms with E-state index < -0.39 is 23.0 Å². The van der Waals surface area contributed by atoms with Crippen molar-refractivity contribution < 1.29 is 19.4 Å². The Morgan fingerprint density at radius 2 is 1.83 bits per heavy atom. The molecule has 0 aromatic heterocycles. The maximum Gasteiger partial charge on any atom is 0.241 e. The molecule has 3 aliphatic rings. The van der Waals surface area contributed by atoms with Crippen LogP contribution in [-0.4, -0.2) is 34.7 Å². The normalized spacial score (nSPS) is 37.8. The Morgan fingerprint density at radius 1 is 1.13 bits per heavy atom. The highest BCUT2D eigenvalue weighted by atomic mass is 16.5. The first-order valence-electron chi connectivity index (χ1n) is 7.79. The zero-order chi connectivity index (χ0) is 16.6. The number of benzene rings is 1. The number of aryl methyl sites for hydroxylation is 2. The molecule has 23 heavy (non-hydrogen) atoms. The summed E-state index contributed by atoms with van der Waals surface area (Å²) in [4.78, 5) is 27.2. The van der Waals surface area contributed by atoms with Crippen LogP contribution in [0.25, 0.3) is 0 Å². The summed E-state index contributed by atoms with van der Waals surface area (Å²) in [7, 11) is 0. The fourth-order valence-corrected chi connectivity index (χ4v) is 4.16. The molecule has 1 aromatic carbocycles. The van der Waals surface area contributed by atoms with E-state index in [1.807, 2.05) is 26.0 Å². The van der Waals surface area contributed by atoms with Gasteiger partial charge in [-0.25, -0.2) is 4.90 Å². The van der Waals surface area contributed by atoms with Gasteiger partial charge in [-0.1, -0.05) is 18.2 Å². The van der Waals surface area contributed by atoms with Gasteiger partial charge in [0.1, 0.15) is 5.60 Å². The first-order valence-corrected chi connectivity index (χ1v) is 7.79. The van der Waals surface area contributed by atoms with Crippen molar-refractivity contribution in [2.24, 2.45) is 11.8 Å². The predicted molar refractivity (Wildman–Crippen MR) is 83.8 cm³/mol. The SMILES string of the molecule is Cc1ccc(N2C(=O)[C@@H]3[C@H](C2=O)[C@@]2(CO)C=C[C@@]3(C)O2)cc1C. The van der Waals surface area contributed by atoms with Gasteiger partial charge in [0.25, 0.3) is 0 Å². The Hall–Kier alpha value is -1.98. The number of hydrogen-bond donors (Lipinski definition) is 1. The fourth-order valence-electron chi connectivity index (χ4n) is 4.16. The van der Waals surface area contributed by atoms with Crippen LogP contribution in [0.4, 0.5) is 5.69 Å². The molecular weight excluding hydrogens is 294 g/mol. The van der Waals surface area contributed by atoms with E-state index in [1.54, 1.807) is 25.1 Å². The maximum atomic E-state index is 13.0. The summed E-state index contributed by atoms with van der Waals surface area (Å²) in [5.74, 6) is -1.76. The van der Waals surface area contributed by atoms with Crippen molar-refractivity contribution in [1.29, 1.82) is 0 Å². The van der Waals surface area contributed by atoms with E-state index in [-0.39, 0.29) is 18.4 Å². The van der Waals surface area contributed by atoms with Crippen LogP contribution >= 0.6 is 0 Å². The number of fused-ring (bicyclic) bond motifs is 5. The van der Waals surface area contributed by atoms with Crippen molar-refractivity contribution in [2.75, 3.05) is 11.5 Å². The molecule has 0 aliphatic carbocycles. The Kier molecular flexibility index (Phi) is 2.73. The summed E-state index contributed by atoms with van der Waals surface area (Å²) in [5, 5.41) is 9.79. The van der Waals surface area contributed by atoms with Gasteiger partial charge in [0, 0.05) is 0 Å². The van der Waals surface area contributed by atoms with E-state index in [0.717, 1.165) is 11.1 Å². The van der Waals surface area contributed by atoms with Gasteiger partial charge in [-0.3, -0.25) is 9.59 Å². The highest BCUT2D eigenvalue weighted by Gasteiger charge is 2.72. The van der Waals surface area contributed by atoms with Crippen molar-refractivity contribution in [3.8, 4) is 0 Å². The number of rotatable bonds is 2. The highest BCUT2D eigenvalue weighted by Crippen LogP contribution is 2.57. The second-order valence-electron chi connectivity index (χ2n) is 6.97. The van der Waals surface area contributed by atoms with Crippen LogP contribution < -0.4 is 4.90 Å². The Labute approximate surface area is 134 Å². The van der Waals surface area contributed by atoms with Crippen molar-refractivity contribution in [1.82, 2.24) is 0 Å². The standard InChI is InChI=1S/C18H19NO4/c1-10-4-5-12(8-11(10)2)19-15(21)13-14(16(19)22)18(9-20)7-6-17(13,3)23-18/h4-8,13-14,20H,9H2,1-3H3/t13-,14+,17+,18-/m0/s1. The summed E-state index contributed by atoms with van der Waals surface area (Å²) in [6.07, 6.45) is 3.54. The second-order valence-corrected chi connectivity index (χ2v) is 6.97. The average Bonchev–Trinajstić information content (AvgIpc) is 3.09. The third-order valence-corrected chi connectivity index (χ3v) is 5.55. The molecular formula is C18H19NO4. The molecule has 4 rings (SSSR count). The third-order valence-electron chi connectivity index (χ3n) is 5.55. The largest absolute Gasteiger partial charge is 0.393 e. The quantitative estimate of drug-likeness (QED) is 0.664.